The number of likely N-dealkylation sites (N-methyl/N-ethyl adjacent to an activating group) is 1. The number of aromatic nitrogens is 3. The van der Waals surface area contributed by atoms with Crippen molar-refractivity contribution in [3.05, 3.63) is 38.2 Å². The Labute approximate surface area is 145 Å². The number of nitrogens with one attached hydrogen (secondary N) is 1. The van der Waals surface area contributed by atoms with Gasteiger partial charge in [0, 0.05) is 33.2 Å². The van der Waals surface area contributed by atoms with Gasteiger partial charge in [-0.25, -0.2) is 9.78 Å². The molecular formula is C17H23N5O3. The minimum atomic E-state index is -0.456. The zero-order valence-corrected chi connectivity index (χ0v) is 15.0. The van der Waals surface area contributed by atoms with Gasteiger partial charge in [-0.1, -0.05) is 0 Å². The molecule has 1 unspecified atom stereocenters. The van der Waals surface area contributed by atoms with Gasteiger partial charge in [-0.05, 0) is 38.4 Å². The average molecular weight is 345 g/mol. The molecular weight excluding hydrogens is 322 g/mol. The molecule has 1 aliphatic rings. The molecule has 8 nitrogen and oxygen atoms in total. The highest BCUT2D eigenvalue weighted by Gasteiger charge is 2.25. The van der Waals surface area contributed by atoms with Gasteiger partial charge in [0.2, 0.25) is 0 Å². The second-order valence-electron chi connectivity index (χ2n) is 6.61. The summed E-state index contributed by atoms with van der Waals surface area (Å²) in [6.07, 6.45) is 1.97. The van der Waals surface area contributed by atoms with Crippen LogP contribution in [0, 0.1) is 6.92 Å². The Morgan fingerprint density at radius 3 is 2.68 bits per heavy atom. The Hall–Kier alpha value is -2.48. The molecule has 8 heteroatoms. The number of likely N-dealkylation sites (tertiary alicyclic amines) is 1. The molecule has 0 saturated carbocycles. The largest absolute Gasteiger partial charge is 0.336 e. The van der Waals surface area contributed by atoms with Gasteiger partial charge in [-0.3, -0.25) is 18.7 Å². The Bertz CT molecular complexity index is 959. The summed E-state index contributed by atoms with van der Waals surface area (Å²) < 4.78 is 2.37. The summed E-state index contributed by atoms with van der Waals surface area (Å²) in [6.45, 7) is 3.08. The molecule has 134 valence electrons. The fourth-order valence-electron chi connectivity index (χ4n) is 3.40. The molecule has 2 aromatic rings. The maximum Gasteiger partial charge on any atom is 0.332 e. The third kappa shape index (κ3) is 2.86. The topological polar surface area (TPSA) is 89.2 Å². The SMILES string of the molecule is CNC1CCCN(C(=O)c2cc(C)c3c(=O)n(C)c(=O)n(C)c3n2)C1. The van der Waals surface area contributed by atoms with Gasteiger partial charge in [0.15, 0.2) is 0 Å². The van der Waals surface area contributed by atoms with Crippen LogP contribution in [-0.2, 0) is 14.1 Å². The standard InChI is InChI=1S/C17H23N5O3/c1-10-8-12(15(23)22-7-5-6-11(9-22)18-2)19-14-13(10)16(24)21(4)17(25)20(14)3/h8,11,18H,5-7,9H2,1-4H3. The van der Waals surface area contributed by atoms with Crippen LogP contribution < -0.4 is 16.6 Å². The lowest BCUT2D eigenvalue weighted by Gasteiger charge is -2.32. The molecule has 1 amide bonds. The van der Waals surface area contributed by atoms with Crippen LogP contribution in [0.3, 0.4) is 0 Å². The second kappa shape index (κ2) is 6.44. The first-order valence-electron chi connectivity index (χ1n) is 8.39. The molecule has 0 aromatic carbocycles. The van der Waals surface area contributed by atoms with Crippen LogP contribution >= 0.6 is 0 Å². The van der Waals surface area contributed by atoms with E-state index in [1.165, 1.54) is 11.6 Å². The molecule has 3 heterocycles. The molecule has 1 atom stereocenters. The van der Waals surface area contributed by atoms with Crippen molar-refractivity contribution in [1.82, 2.24) is 24.3 Å². The van der Waals surface area contributed by atoms with E-state index in [9.17, 15) is 14.4 Å². The summed E-state index contributed by atoms with van der Waals surface area (Å²) in [7, 11) is 4.89. The number of carbonyl (C=O) groups is 1. The van der Waals surface area contributed by atoms with Crippen molar-refractivity contribution in [2.45, 2.75) is 25.8 Å². The number of aryl methyl sites for hydroxylation is 2. The van der Waals surface area contributed by atoms with Gasteiger partial charge in [0.25, 0.3) is 11.5 Å². The first-order chi connectivity index (χ1) is 11.8. The first-order valence-corrected chi connectivity index (χ1v) is 8.39. The van der Waals surface area contributed by atoms with Crippen LogP contribution in [0.4, 0.5) is 0 Å². The maximum absolute atomic E-state index is 12.9. The molecule has 0 aliphatic carbocycles. The van der Waals surface area contributed by atoms with E-state index >= 15 is 0 Å². The van der Waals surface area contributed by atoms with Gasteiger partial charge in [-0.2, -0.15) is 0 Å². The number of carbonyl (C=O) groups excluding carboxylic acids is 1. The molecule has 0 spiro atoms. The van der Waals surface area contributed by atoms with Crippen LogP contribution in [0.5, 0.6) is 0 Å². The lowest BCUT2D eigenvalue weighted by atomic mass is 10.1. The van der Waals surface area contributed by atoms with E-state index in [0.717, 1.165) is 17.4 Å². The van der Waals surface area contributed by atoms with Crippen molar-refractivity contribution in [3.8, 4) is 0 Å². The van der Waals surface area contributed by atoms with E-state index in [1.54, 1.807) is 24.9 Å². The average Bonchev–Trinajstić information content (AvgIpc) is 2.63. The van der Waals surface area contributed by atoms with Gasteiger partial charge in [0.1, 0.15) is 11.3 Å². The number of hydrogen-bond donors (Lipinski definition) is 1. The highest BCUT2D eigenvalue weighted by molar-refractivity contribution is 5.95. The minimum absolute atomic E-state index is 0.168. The van der Waals surface area contributed by atoms with Crippen molar-refractivity contribution in [3.63, 3.8) is 0 Å². The zero-order chi connectivity index (χ0) is 18.3. The number of nitrogens with zero attached hydrogens (tertiary/aromatic N) is 4. The highest BCUT2D eigenvalue weighted by atomic mass is 16.2. The summed E-state index contributed by atoms with van der Waals surface area (Å²) >= 11 is 0. The third-order valence-electron chi connectivity index (χ3n) is 4.94. The number of fused-ring (bicyclic) bond motifs is 1. The number of hydrogen-bond acceptors (Lipinski definition) is 5. The molecule has 1 N–H and O–H groups in total. The van der Waals surface area contributed by atoms with Gasteiger partial charge in [0.05, 0.1) is 5.39 Å². The summed E-state index contributed by atoms with van der Waals surface area (Å²) in [5.41, 5.74) is 0.313. The monoisotopic (exact) mass is 345 g/mol. The van der Waals surface area contributed by atoms with Crippen molar-refractivity contribution < 1.29 is 4.79 Å². The molecule has 0 bridgehead atoms. The second-order valence-corrected chi connectivity index (χ2v) is 6.61. The van der Waals surface area contributed by atoms with Gasteiger partial charge < -0.3 is 10.2 Å². The van der Waals surface area contributed by atoms with E-state index in [0.29, 0.717) is 24.0 Å². The van der Waals surface area contributed by atoms with E-state index in [2.05, 4.69) is 10.3 Å². The van der Waals surface area contributed by atoms with Crippen LogP contribution in [0.2, 0.25) is 0 Å². The van der Waals surface area contributed by atoms with Crippen LogP contribution in [0.15, 0.2) is 15.7 Å². The van der Waals surface area contributed by atoms with E-state index in [-0.39, 0.29) is 23.3 Å². The van der Waals surface area contributed by atoms with Crippen LogP contribution in [0.25, 0.3) is 11.0 Å². The smallest absolute Gasteiger partial charge is 0.332 e. The van der Waals surface area contributed by atoms with Crippen molar-refractivity contribution in [2.24, 2.45) is 14.1 Å². The number of rotatable bonds is 2. The Morgan fingerprint density at radius 1 is 1.28 bits per heavy atom. The zero-order valence-electron chi connectivity index (χ0n) is 15.0. The van der Waals surface area contributed by atoms with E-state index < -0.39 is 11.2 Å². The van der Waals surface area contributed by atoms with Crippen molar-refractivity contribution in [2.75, 3.05) is 20.1 Å². The summed E-state index contributed by atoms with van der Waals surface area (Å²) in [4.78, 5) is 43.6. The summed E-state index contributed by atoms with van der Waals surface area (Å²) in [5, 5.41) is 3.58. The molecule has 2 aromatic heterocycles. The van der Waals surface area contributed by atoms with Gasteiger partial charge >= 0.3 is 5.69 Å². The van der Waals surface area contributed by atoms with Crippen molar-refractivity contribution >= 4 is 16.9 Å². The van der Waals surface area contributed by atoms with E-state index in [1.807, 2.05) is 7.05 Å². The molecule has 3 rings (SSSR count). The lowest BCUT2D eigenvalue weighted by molar-refractivity contribution is 0.0692. The highest BCUT2D eigenvalue weighted by Crippen LogP contribution is 2.17. The van der Waals surface area contributed by atoms with Crippen molar-refractivity contribution in [1.29, 1.82) is 0 Å². The quantitative estimate of drug-likeness (QED) is 0.812. The Balaban J connectivity index is 2.11. The molecule has 1 aliphatic heterocycles. The van der Waals surface area contributed by atoms with E-state index in [4.69, 9.17) is 0 Å². The number of amides is 1. The van der Waals surface area contributed by atoms with Gasteiger partial charge in [-0.15, -0.1) is 0 Å². The lowest BCUT2D eigenvalue weighted by Crippen LogP contribution is -2.47. The summed E-state index contributed by atoms with van der Waals surface area (Å²) in [5.74, 6) is -0.168. The maximum atomic E-state index is 12.9. The van der Waals surface area contributed by atoms with Crippen LogP contribution in [0.1, 0.15) is 28.9 Å². The Morgan fingerprint density at radius 2 is 2.00 bits per heavy atom. The molecule has 25 heavy (non-hydrogen) atoms. The predicted octanol–water partition coefficient (Wildman–Crippen LogP) is -0.235. The fraction of sp³-hybridized carbons (Fsp3) is 0.529. The fourth-order valence-corrected chi connectivity index (χ4v) is 3.40. The van der Waals surface area contributed by atoms with Crippen LogP contribution in [-0.4, -0.2) is 51.1 Å². The Kier molecular flexibility index (Phi) is 4.47. The summed E-state index contributed by atoms with van der Waals surface area (Å²) in [6, 6.07) is 1.91. The molecule has 1 saturated heterocycles. The first kappa shape index (κ1) is 17.3. The molecule has 1 fully saturated rings. The third-order valence-corrected chi connectivity index (χ3v) is 4.94. The predicted molar refractivity (Wildman–Crippen MR) is 94.9 cm³/mol. The number of piperidine rings is 1. The normalized spacial score (nSPS) is 17.9. The number of pyridine rings is 1. The minimum Gasteiger partial charge on any atom is -0.336 e. The molecule has 0 radical (unpaired) electrons.